The maximum Gasteiger partial charge on any atom is 2.00 e. The minimum Gasteiger partial charge on any atom is -0.605 e. The van der Waals surface area contributed by atoms with Crippen molar-refractivity contribution in [2.45, 2.75) is 0 Å². The number of ether oxygens (including phenoxy) is 1. The molecule has 0 atom stereocenters. The van der Waals surface area contributed by atoms with Gasteiger partial charge in [0.15, 0.2) is 0 Å². The van der Waals surface area contributed by atoms with E-state index in [1.165, 1.54) is 7.11 Å². The molecule has 0 spiro atoms. The third-order valence-corrected chi connectivity index (χ3v) is 0.417. The van der Waals surface area contributed by atoms with E-state index in [9.17, 15) is 0 Å². The van der Waals surface area contributed by atoms with Crippen molar-refractivity contribution < 1.29 is 25.8 Å². The Morgan fingerprint density at radius 3 is 2.78 bits per heavy atom. The summed E-state index contributed by atoms with van der Waals surface area (Å²) in [6.07, 6.45) is 2.45. The van der Waals surface area contributed by atoms with E-state index in [1.54, 1.807) is 0 Å². The van der Waals surface area contributed by atoms with E-state index in [4.69, 9.17) is 14.4 Å². The van der Waals surface area contributed by atoms with Crippen LogP contribution in [-0.2, 0) is 25.8 Å². The minimum absolute atomic E-state index is 0. The van der Waals surface area contributed by atoms with Crippen LogP contribution in [-0.4, -0.2) is 27.8 Å². The molecule has 0 rings (SSSR count). The molecule has 0 unspecified atom stereocenters. The van der Waals surface area contributed by atoms with Crippen molar-refractivity contribution in [1.82, 2.24) is 0 Å². The summed E-state index contributed by atoms with van der Waals surface area (Å²) in [6, 6.07) is 0. The molecule has 0 heterocycles. The number of aliphatic imine (C=N–C) groups is 1. The number of methoxy groups -OCH3 is 1. The Kier molecular flexibility index (Phi) is 10.7. The van der Waals surface area contributed by atoms with Crippen LogP contribution in [0, 0.1) is 6.58 Å². The van der Waals surface area contributed by atoms with Crippen LogP contribution in [0.5, 0.6) is 0 Å². The summed E-state index contributed by atoms with van der Waals surface area (Å²) in [5.41, 5.74) is 0.00190. The van der Waals surface area contributed by atoms with E-state index in [0.717, 1.165) is 0 Å². The number of hydrogen-bond donors (Lipinski definition) is 0. The predicted molar refractivity (Wildman–Crippen MR) is 32.9 cm³/mol. The van der Waals surface area contributed by atoms with Gasteiger partial charge in [0.25, 0.3) is 0 Å². The molecule has 0 fully saturated rings. The molecule has 0 aromatic heterocycles. The molecule has 0 aliphatic carbocycles. The van der Waals surface area contributed by atoms with Crippen molar-refractivity contribution in [1.29, 1.82) is 0 Å². The van der Waals surface area contributed by atoms with Gasteiger partial charge in [-0.15, -0.1) is 0 Å². The molecule has 0 bridgehead atoms. The van der Waals surface area contributed by atoms with Gasteiger partial charge < -0.3 is 21.9 Å². The quantitative estimate of drug-likeness (QED) is 0.408. The molecular formula is C5H6BNOW. The normalized spacial score (nSPS) is 9.00. The Morgan fingerprint density at radius 2 is 2.44 bits per heavy atom. The van der Waals surface area contributed by atoms with Crippen molar-refractivity contribution >= 4 is 14.1 Å². The second-order valence-electron chi connectivity index (χ2n) is 1.13. The summed E-state index contributed by atoms with van der Waals surface area (Å²) >= 11 is 0. The Balaban J connectivity index is 0. The van der Waals surface area contributed by atoms with Gasteiger partial charge in [0.1, 0.15) is 0 Å². The summed E-state index contributed by atoms with van der Waals surface area (Å²) < 4.78 is 4.56. The Labute approximate surface area is 71.1 Å². The smallest absolute Gasteiger partial charge is 0.605 e. The Bertz CT molecular complexity index is 105. The third-order valence-electron chi connectivity index (χ3n) is 0.417. The summed E-state index contributed by atoms with van der Waals surface area (Å²) in [5.74, 6) is 0. The van der Waals surface area contributed by atoms with Gasteiger partial charge in [0, 0.05) is 13.7 Å². The summed E-state index contributed by atoms with van der Waals surface area (Å²) in [6.45, 7) is 5.26. The largest absolute Gasteiger partial charge is 2.00 e. The van der Waals surface area contributed by atoms with Crippen LogP contribution >= 0.6 is 0 Å². The minimum atomic E-state index is 0. The van der Waals surface area contributed by atoms with Crippen LogP contribution in [0.25, 0.3) is 0 Å². The number of nitrogens with zero attached hydrogens (tertiary/aromatic N) is 1. The van der Waals surface area contributed by atoms with Crippen LogP contribution in [0.1, 0.15) is 0 Å². The van der Waals surface area contributed by atoms with E-state index in [2.05, 4.69) is 15.9 Å². The van der Waals surface area contributed by atoms with Crippen LogP contribution in [0.2, 0.25) is 0 Å². The standard InChI is InChI=1S/C5H6BNO.W/c1-5(6)7-3-4-8-2;/h1H,4H2,2H3;/q-2;+2. The molecule has 0 amide bonds. The van der Waals surface area contributed by atoms with Gasteiger partial charge in [-0.2, -0.15) is 6.21 Å². The fourth-order valence-electron chi connectivity index (χ4n) is 0.188. The van der Waals surface area contributed by atoms with Crippen molar-refractivity contribution in [3.8, 4) is 0 Å². The topological polar surface area (TPSA) is 21.6 Å². The molecule has 0 saturated carbocycles. The average molecular weight is 291 g/mol. The molecular weight excluding hydrogens is 285 g/mol. The van der Waals surface area contributed by atoms with Gasteiger partial charge in [0.05, 0.1) is 0 Å². The molecule has 4 heteroatoms. The molecule has 0 aromatic rings. The summed E-state index contributed by atoms with van der Waals surface area (Å²) in [4.78, 5) is 3.41. The maximum atomic E-state index is 4.94. The first kappa shape index (κ1) is 11.9. The van der Waals surface area contributed by atoms with Gasteiger partial charge in [-0.3, -0.25) is 0 Å². The SMILES string of the molecule is [B]C(=[CH-])N=[C-]COC.[W+2]. The molecule has 0 saturated heterocycles. The Morgan fingerprint density at radius 1 is 1.89 bits per heavy atom. The van der Waals surface area contributed by atoms with E-state index in [-0.39, 0.29) is 26.7 Å². The fourth-order valence-corrected chi connectivity index (χ4v) is 0.188. The first-order valence-corrected chi connectivity index (χ1v) is 2.08. The second kappa shape index (κ2) is 8.12. The molecule has 46 valence electrons. The van der Waals surface area contributed by atoms with E-state index in [0.29, 0.717) is 6.61 Å². The van der Waals surface area contributed by atoms with Gasteiger partial charge >= 0.3 is 21.1 Å². The zero-order valence-electron chi connectivity index (χ0n) is 5.13. The molecule has 2 nitrogen and oxygen atoms in total. The molecule has 0 aliphatic rings. The average Bonchev–Trinajstić information content (AvgIpc) is 1.66. The molecule has 0 aliphatic heterocycles. The van der Waals surface area contributed by atoms with E-state index >= 15 is 0 Å². The van der Waals surface area contributed by atoms with Crippen molar-refractivity contribution in [3.63, 3.8) is 0 Å². The predicted octanol–water partition coefficient (Wildman–Crippen LogP) is 0.0210. The van der Waals surface area contributed by atoms with Gasteiger partial charge in [-0.25, -0.2) is 0 Å². The van der Waals surface area contributed by atoms with Gasteiger partial charge in [-0.05, 0) is 0 Å². The van der Waals surface area contributed by atoms with Crippen molar-refractivity contribution in [2.75, 3.05) is 13.7 Å². The first-order valence-electron chi connectivity index (χ1n) is 2.08. The zero-order chi connectivity index (χ0) is 6.41. The molecule has 2 radical (unpaired) electrons. The zero-order valence-corrected chi connectivity index (χ0v) is 8.06. The summed E-state index contributed by atoms with van der Waals surface area (Å²) in [5, 5.41) is 0. The fraction of sp³-hybridized carbons (Fsp3) is 0.400. The molecule has 9 heavy (non-hydrogen) atoms. The van der Waals surface area contributed by atoms with E-state index < -0.39 is 0 Å². The van der Waals surface area contributed by atoms with Crippen LogP contribution in [0.15, 0.2) is 10.6 Å². The molecule has 0 N–H and O–H groups in total. The monoisotopic (exact) mass is 291 g/mol. The van der Waals surface area contributed by atoms with Crippen LogP contribution < -0.4 is 0 Å². The Hall–Kier alpha value is 0.123. The second-order valence-corrected chi connectivity index (χ2v) is 1.13. The van der Waals surface area contributed by atoms with Crippen molar-refractivity contribution in [3.05, 3.63) is 12.2 Å². The van der Waals surface area contributed by atoms with Crippen LogP contribution in [0.4, 0.5) is 0 Å². The van der Waals surface area contributed by atoms with E-state index in [1.807, 2.05) is 0 Å². The van der Waals surface area contributed by atoms with Crippen LogP contribution in [0.3, 0.4) is 0 Å². The van der Waals surface area contributed by atoms with Crippen molar-refractivity contribution in [2.24, 2.45) is 4.99 Å². The summed E-state index contributed by atoms with van der Waals surface area (Å²) in [7, 11) is 6.48. The first-order chi connectivity index (χ1) is 3.77. The number of rotatable bonds is 3. The number of hydrogen-bond acceptors (Lipinski definition) is 2. The third kappa shape index (κ3) is 11.6. The molecule has 0 aromatic carbocycles. The van der Waals surface area contributed by atoms with Gasteiger partial charge in [0.2, 0.25) is 0 Å². The maximum absolute atomic E-state index is 4.94. The van der Waals surface area contributed by atoms with Gasteiger partial charge in [-0.1, -0.05) is 7.85 Å².